The third kappa shape index (κ3) is 3.34. The third-order valence-electron chi connectivity index (χ3n) is 4.79. The number of benzene rings is 2. The highest BCUT2D eigenvalue weighted by Crippen LogP contribution is 2.28. The van der Waals surface area contributed by atoms with Gasteiger partial charge in [-0.1, -0.05) is 36.4 Å². The van der Waals surface area contributed by atoms with Crippen LogP contribution in [-0.4, -0.2) is 15.7 Å². The number of amides is 1. The number of rotatable bonds is 4. The van der Waals surface area contributed by atoms with E-state index in [1.54, 1.807) is 17.4 Å². The molecule has 0 bridgehead atoms. The molecule has 4 aromatic rings. The van der Waals surface area contributed by atoms with Gasteiger partial charge in [0.1, 0.15) is 12.2 Å². The van der Waals surface area contributed by atoms with Gasteiger partial charge in [-0.25, -0.2) is 4.68 Å². The van der Waals surface area contributed by atoms with Gasteiger partial charge in [0.2, 0.25) is 5.91 Å². The van der Waals surface area contributed by atoms with E-state index in [1.807, 2.05) is 67.8 Å². The second kappa shape index (κ2) is 7.40. The standard InChI is InChI=1S/C22H19N3O2S/c1-14-7-5-10-18(15(14)2)23-20(26)13-25-22(27)17-9-4-3-8-16(17)21(24-25)19-11-6-12-28-19/h3-12H,13H2,1-2H3,(H,23,26). The van der Waals surface area contributed by atoms with E-state index in [2.05, 4.69) is 10.4 Å². The Bertz CT molecular complexity index is 1230. The summed E-state index contributed by atoms with van der Waals surface area (Å²) in [6, 6.07) is 17.0. The lowest BCUT2D eigenvalue weighted by atomic mass is 10.1. The molecule has 5 nitrogen and oxygen atoms in total. The number of aryl methyl sites for hydroxylation is 1. The van der Waals surface area contributed by atoms with Crippen molar-refractivity contribution in [2.75, 3.05) is 5.32 Å². The average Bonchev–Trinajstić information content (AvgIpc) is 3.22. The molecule has 2 aromatic heterocycles. The molecule has 2 aromatic carbocycles. The molecule has 140 valence electrons. The van der Waals surface area contributed by atoms with E-state index in [0.717, 1.165) is 27.1 Å². The van der Waals surface area contributed by atoms with Crippen LogP contribution in [0.3, 0.4) is 0 Å². The molecule has 0 aliphatic heterocycles. The van der Waals surface area contributed by atoms with E-state index in [4.69, 9.17) is 0 Å². The van der Waals surface area contributed by atoms with Crippen molar-refractivity contribution in [3.8, 4) is 10.6 Å². The van der Waals surface area contributed by atoms with Gasteiger partial charge in [-0.15, -0.1) is 11.3 Å². The topological polar surface area (TPSA) is 64.0 Å². The molecule has 28 heavy (non-hydrogen) atoms. The summed E-state index contributed by atoms with van der Waals surface area (Å²) in [5, 5.41) is 10.7. The fourth-order valence-electron chi connectivity index (χ4n) is 3.15. The van der Waals surface area contributed by atoms with Crippen LogP contribution >= 0.6 is 11.3 Å². The molecule has 0 radical (unpaired) electrons. The Morgan fingerprint density at radius 2 is 1.82 bits per heavy atom. The number of carbonyl (C=O) groups is 1. The summed E-state index contributed by atoms with van der Waals surface area (Å²) in [6.07, 6.45) is 0. The molecule has 0 fully saturated rings. The predicted molar refractivity (Wildman–Crippen MR) is 114 cm³/mol. The summed E-state index contributed by atoms with van der Waals surface area (Å²) in [5.41, 5.74) is 3.29. The van der Waals surface area contributed by atoms with E-state index in [0.29, 0.717) is 11.1 Å². The largest absolute Gasteiger partial charge is 0.324 e. The average molecular weight is 389 g/mol. The van der Waals surface area contributed by atoms with Crippen LogP contribution in [0, 0.1) is 13.8 Å². The van der Waals surface area contributed by atoms with Crippen molar-refractivity contribution in [3.05, 3.63) is 81.5 Å². The summed E-state index contributed by atoms with van der Waals surface area (Å²) in [4.78, 5) is 26.5. The highest BCUT2D eigenvalue weighted by molar-refractivity contribution is 7.13. The van der Waals surface area contributed by atoms with Crippen molar-refractivity contribution in [2.24, 2.45) is 0 Å². The number of aromatic nitrogens is 2. The molecule has 0 atom stereocenters. The van der Waals surface area contributed by atoms with Crippen molar-refractivity contribution >= 4 is 33.7 Å². The van der Waals surface area contributed by atoms with Gasteiger partial charge in [-0.3, -0.25) is 9.59 Å². The van der Waals surface area contributed by atoms with Crippen LogP contribution in [0.4, 0.5) is 5.69 Å². The van der Waals surface area contributed by atoms with Gasteiger partial charge in [-0.05, 0) is 48.6 Å². The van der Waals surface area contributed by atoms with E-state index in [-0.39, 0.29) is 18.0 Å². The first-order chi connectivity index (χ1) is 13.5. The van der Waals surface area contributed by atoms with Crippen molar-refractivity contribution in [1.82, 2.24) is 9.78 Å². The zero-order chi connectivity index (χ0) is 19.7. The summed E-state index contributed by atoms with van der Waals surface area (Å²) >= 11 is 1.55. The maximum absolute atomic E-state index is 12.9. The van der Waals surface area contributed by atoms with Gasteiger partial charge in [0.05, 0.1) is 10.3 Å². The Morgan fingerprint density at radius 3 is 2.57 bits per heavy atom. The minimum atomic E-state index is -0.282. The molecule has 1 amide bonds. The predicted octanol–water partition coefficient (Wildman–Crippen LogP) is 4.38. The fraction of sp³-hybridized carbons (Fsp3) is 0.136. The van der Waals surface area contributed by atoms with Gasteiger partial charge in [-0.2, -0.15) is 5.10 Å². The minimum absolute atomic E-state index is 0.143. The Labute approximate surface area is 166 Å². The molecule has 0 spiro atoms. The number of hydrogen-bond acceptors (Lipinski definition) is 4. The van der Waals surface area contributed by atoms with E-state index in [1.165, 1.54) is 4.68 Å². The summed E-state index contributed by atoms with van der Waals surface area (Å²) in [6.45, 7) is 3.81. The normalized spacial score (nSPS) is 10.9. The molecule has 0 saturated carbocycles. The highest BCUT2D eigenvalue weighted by atomic mass is 32.1. The summed E-state index contributed by atoms with van der Waals surface area (Å²) in [5.74, 6) is -0.282. The van der Waals surface area contributed by atoms with Gasteiger partial charge in [0.15, 0.2) is 0 Å². The number of nitrogens with zero attached hydrogens (tertiary/aromatic N) is 2. The number of anilines is 1. The first kappa shape index (κ1) is 18.1. The van der Waals surface area contributed by atoms with E-state index < -0.39 is 0 Å². The molecule has 0 aliphatic rings. The maximum Gasteiger partial charge on any atom is 0.275 e. The van der Waals surface area contributed by atoms with Crippen LogP contribution < -0.4 is 10.9 Å². The van der Waals surface area contributed by atoms with Crippen molar-refractivity contribution in [3.63, 3.8) is 0 Å². The molecule has 2 heterocycles. The number of carbonyl (C=O) groups excluding carboxylic acids is 1. The Morgan fingerprint density at radius 1 is 1.04 bits per heavy atom. The monoisotopic (exact) mass is 389 g/mol. The van der Waals surface area contributed by atoms with Gasteiger partial charge >= 0.3 is 0 Å². The molecule has 1 N–H and O–H groups in total. The highest BCUT2D eigenvalue weighted by Gasteiger charge is 2.15. The number of thiophene rings is 1. The second-order valence-corrected chi connectivity index (χ2v) is 7.58. The number of nitrogens with one attached hydrogen (secondary N) is 1. The van der Waals surface area contributed by atoms with Crippen LogP contribution in [-0.2, 0) is 11.3 Å². The first-order valence-corrected chi connectivity index (χ1v) is 9.82. The van der Waals surface area contributed by atoms with Gasteiger partial charge in [0, 0.05) is 11.1 Å². The zero-order valence-corrected chi connectivity index (χ0v) is 16.4. The zero-order valence-electron chi connectivity index (χ0n) is 15.6. The molecule has 0 unspecified atom stereocenters. The molecule has 4 rings (SSSR count). The second-order valence-electron chi connectivity index (χ2n) is 6.63. The summed E-state index contributed by atoms with van der Waals surface area (Å²) < 4.78 is 1.25. The van der Waals surface area contributed by atoms with Crippen molar-refractivity contribution in [2.45, 2.75) is 20.4 Å². The van der Waals surface area contributed by atoms with Gasteiger partial charge in [0.25, 0.3) is 5.56 Å². The van der Waals surface area contributed by atoms with Crippen LogP contribution in [0.1, 0.15) is 11.1 Å². The quantitative estimate of drug-likeness (QED) is 0.563. The minimum Gasteiger partial charge on any atom is -0.324 e. The van der Waals surface area contributed by atoms with Crippen LogP contribution in [0.5, 0.6) is 0 Å². The lowest BCUT2D eigenvalue weighted by Crippen LogP contribution is -2.30. The number of fused-ring (bicyclic) bond motifs is 1. The molecule has 6 heteroatoms. The lowest BCUT2D eigenvalue weighted by Gasteiger charge is -2.12. The molecule has 0 saturated heterocycles. The molecule has 0 aliphatic carbocycles. The van der Waals surface area contributed by atoms with Gasteiger partial charge < -0.3 is 5.32 Å². The Kier molecular flexibility index (Phi) is 4.79. The first-order valence-electron chi connectivity index (χ1n) is 8.94. The van der Waals surface area contributed by atoms with E-state index in [9.17, 15) is 9.59 Å². The SMILES string of the molecule is Cc1cccc(NC(=O)Cn2nc(-c3cccs3)c3ccccc3c2=O)c1C. The van der Waals surface area contributed by atoms with Crippen LogP contribution in [0.2, 0.25) is 0 Å². The fourth-order valence-corrected chi connectivity index (χ4v) is 3.87. The summed E-state index contributed by atoms with van der Waals surface area (Å²) in [7, 11) is 0. The van der Waals surface area contributed by atoms with Crippen molar-refractivity contribution < 1.29 is 4.79 Å². The van der Waals surface area contributed by atoms with Crippen LogP contribution in [0.25, 0.3) is 21.3 Å². The number of hydrogen-bond donors (Lipinski definition) is 1. The smallest absolute Gasteiger partial charge is 0.275 e. The Hall–Kier alpha value is -3.25. The molecular weight excluding hydrogens is 370 g/mol. The van der Waals surface area contributed by atoms with E-state index >= 15 is 0 Å². The Balaban J connectivity index is 1.73. The lowest BCUT2D eigenvalue weighted by molar-refractivity contribution is -0.117. The van der Waals surface area contributed by atoms with Crippen molar-refractivity contribution in [1.29, 1.82) is 0 Å². The van der Waals surface area contributed by atoms with Crippen LogP contribution in [0.15, 0.2) is 64.8 Å². The maximum atomic E-state index is 12.9. The molecular formula is C22H19N3O2S. The third-order valence-corrected chi connectivity index (χ3v) is 5.67.